The lowest BCUT2D eigenvalue weighted by molar-refractivity contribution is -0.136. The molecule has 2 fully saturated rings. The summed E-state index contributed by atoms with van der Waals surface area (Å²) in [7, 11) is 2.00. The Balaban J connectivity index is 1.47. The molecule has 1 unspecified atom stereocenters. The standard InChI is InChI=1S/C21H28N4O3/c1-22-11-14-7-9-24(10-8-14)12-15-3-2-4-16-13-25(21(28)19(15)16)17-5-6-18(26)23-20(17)27/h2-4,14,17,22H,5-13H2,1H3,(H,23,26,27). The molecule has 1 aromatic carbocycles. The second-order valence-electron chi connectivity index (χ2n) is 8.13. The normalized spacial score (nSPS) is 23.8. The highest BCUT2D eigenvalue weighted by Crippen LogP contribution is 2.31. The predicted molar refractivity (Wildman–Crippen MR) is 104 cm³/mol. The summed E-state index contributed by atoms with van der Waals surface area (Å²) in [5.74, 6) is 0.0379. The van der Waals surface area contributed by atoms with Gasteiger partial charge in [0.15, 0.2) is 0 Å². The number of amides is 3. The highest BCUT2D eigenvalue weighted by molar-refractivity contribution is 6.05. The fraction of sp³-hybridized carbons (Fsp3) is 0.571. The zero-order chi connectivity index (χ0) is 19.7. The molecular weight excluding hydrogens is 356 g/mol. The first-order chi connectivity index (χ1) is 13.6. The van der Waals surface area contributed by atoms with Gasteiger partial charge < -0.3 is 10.2 Å². The molecule has 3 heterocycles. The van der Waals surface area contributed by atoms with Crippen LogP contribution in [-0.4, -0.2) is 60.2 Å². The van der Waals surface area contributed by atoms with Crippen molar-refractivity contribution >= 4 is 17.7 Å². The van der Waals surface area contributed by atoms with E-state index in [9.17, 15) is 14.4 Å². The minimum absolute atomic E-state index is 0.0785. The van der Waals surface area contributed by atoms with Gasteiger partial charge in [-0.1, -0.05) is 18.2 Å². The van der Waals surface area contributed by atoms with Gasteiger partial charge in [0, 0.05) is 25.1 Å². The van der Waals surface area contributed by atoms with Crippen molar-refractivity contribution in [3.8, 4) is 0 Å². The summed E-state index contributed by atoms with van der Waals surface area (Å²) in [6.07, 6.45) is 3.03. The molecule has 28 heavy (non-hydrogen) atoms. The smallest absolute Gasteiger partial charge is 0.255 e. The van der Waals surface area contributed by atoms with Crippen LogP contribution in [0.1, 0.15) is 47.2 Å². The number of carbonyl (C=O) groups is 3. The lowest BCUT2D eigenvalue weighted by atomic mass is 9.95. The summed E-state index contributed by atoms with van der Waals surface area (Å²) in [5, 5.41) is 5.62. The fourth-order valence-corrected chi connectivity index (χ4v) is 4.70. The Bertz CT molecular complexity index is 786. The first-order valence-corrected chi connectivity index (χ1v) is 10.2. The molecule has 0 bridgehead atoms. The largest absolute Gasteiger partial charge is 0.322 e. The number of nitrogens with zero attached hydrogens (tertiary/aromatic N) is 2. The highest BCUT2D eigenvalue weighted by atomic mass is 16.2. The fourth-order valence-electron chi connectivity index (χ4n) is 4.70. The van der Waals surface area contributed by atoms with Crippen LogP contribution in [0.2, 0.25) is 0 Å². The SMILES string of the molecule is CNCC1CCN(Cc2cccc3c2C(=O)N(C2CCC(=O)NC2=O)C3)CC1. The third-order valence-electron chi connectivity index (χ3n) is 6.23. The Morgan fingerprint density at radius 2 is 1.93 bits per heavy atom. The van der Waals surface area contributed by atoms with Gasteiger partial charge >= 0.3 is 0 Å². The van der Waals surface area contributed by atoms with Crippen molar-refractivity contribution in [1.29, 1.82) is 0 Å². The molecule has 7 heteroatoms. The minimum atomic E-state index is -0.553. The first kappa shape index (κ1) is 19.1. The van der Waals surface area contributed by atoms with Gasteiger partial charge in [-0.3, -0.25) is 24.6 Å². The summed E-state index contributed by atoms with van der Waals surface area (Å²) < 4.78 is 0. The van der Waals surface area contributed by atoms with Crippen LogP contribution in [-0.2, 0) is 22.7 Å². The van der Waals surface area contributed by atoms with Crippen molar-refractivity contribution in [3.63, 3.8) is 0 Å². The van der Waals surface area contributed by atoms with Gasteiger partial charge in [0.05, 0.1) is 0 Å². The Morgan fingerprint density at radius 3 is 2.64 bits per heavy atom. The average Bonchev–Trinajstić information content (AvgIpc) is 3.01. The van der Waals surface area contributed by atoms with Crippen LogP contribution in [0.4, 0.5) is 0 Å². The van der Waals surface area contributed by atoms with Crippen LogP contribution in [0.5, 0.6) is 0 Å². The van der Waals surface area contributed by atoms with E-state index in [2.05, 4.69) is 15.5 Å². The van der Waals surface area contributed by atoms with E-state index < -0.39 is 6.04 Å². The Labute approximate surface area is 165 Å². The molecule has 150 valence electrons. The zero-order valence-electron chi connectivity index (χ0n) is 16.4. The van der Waals surface area contributed by atoms with Crippen LogP contribution in [0.3, 0.4) is 0 Å². The Hall–Kier alpha value is -2.25. The maximum absolute atomic E-state index is 13.2. The number of piperidine rings is 2. The topological polar surface area (TPSA) is 81.8 Å². The molecule has 3 aliphatic rings. The van der Waals surface area contributed by atoms with E-state index in [-0.39, 0.29) is 24.1 Å². The number of imide groups is 1. The molecule has 0 aromatic heterocycles. The lowest BCUT2D eigenvalue weighted by Crippen LogP contribution is -2.52. The first-order valence-electron chi connectivity index (χ1n) is 10.2. The third kappa shape index (κ3) is 3.69. The molecule has 0 spiro atoms. The third-order valence-corrected chi connectivity index (χ3v) is 6.23. The maximum atomic E-state index is 13.2. The van der Waals surface area contributed by atoms with Crippen LogP contribution in [0, 0.1) is 5.92 Å². The van der Waals surface area contributed by atoms with E-state index in [1.54, 1.807) is 4.90 Å². The Kier molecular flexibility index (Phi) is 5.46. The van der Waals surface area contributed by atoms with E-state index in [1.165, 1.54) is 12.8 Å². The van der Waals surface area contributed by atoms with Gasteiger partial charge in [0.1, 0.15) is 6.04 Å². The summed E-state index contributed by atoms with van der Waals surface area (Å²) in [5.41, 5.74) is 2.78. The molecule has 3 aliphatic heterocycles. The van der Waals surface area contributed by atoms with E-state index in [1.807, 2.05) is 25.2 Å². The molecule has 1 atom stereocenters. The molecule has 7 nitrogen and oxygen atoms in total. The van der Waals surface area contributed by atoms with Crippen LogP contribution >= 0.6 is 0 Å². The Morgan fingerprint density at radius 1 is 1.14 bits per heavy atom. The van der Waals surface area contributed by atoms with Crippen molar-refractivity contribution < 1.29 is 14.4 Å². The molecule has 2 N–H and O–H groups in total. The number of carbonyl (C=O) groups excluding carboxylic acids is 3. The predicted octanol–water partition coefficient (Wildman–Crippen LogP) is 0.879. The lowest BCUT2D eigenvalue weighted by Gasteiger charge is -2.32. The van der Waals surface area contributed by atoms with Gasteiger partial charge in [-0.15, -0.1) is 0 Å². The van der Waals surface area contributed by atoms with Crippen molar-refractivity contribution in [2.24, 2.45) is 5.92 Å². The summed E-state index contributed by atoms with van der Waals surface area (Å²) in [6.45, 7) is 4.36. The van der Waals surface area contributed by atoms with Crippen LogP contribution in [0.15, 0.2) is 18.2 Å². The average molecular weight is 384 g/mol. The number of nitrogens with one attached hydrogen (secondary N) is 2. The maximum Gasteiger partial charge on any atom is 0.255 e. The quantitative estimate of drug-likeness (QED) is 0.737. The molecule has 4 rings (SSSR count). The molecule has 3 amide bonds. The zero-order valence-corrected chi connectivity index (χ0v) is 16.4. The summed E-state index contributed by atoms with van der Waals surface area (Å²) >= 11 is 0. The van der Waals surface area contributed by atoms with Crippen molar-refractivity contribution in [2.45, 2.75) is 44.8 Å². The van der Waals surface area contributed by atoms with Gasteiger partial charge in [0.25, 0.3) is 5.91 Å². The van der Waals surface area contributed by atoms with E-state index in [0.717, 1.165) is 48.8 Å². The van der Waals surface area contributed by atoms with E-state index in [4.69, 9.17) is 0 Å². The second kappa shape index (κ2) is 8.01. The van der Waals surface area contributed by atoms with Gasteiger partial charge in [-0.2, -0.15) is 0 Å². The molecule has 0 aliphatic carbocycles. The highest BCUT2D eigenvalue weighted by Gasteiger charge is 2.40. The van der Waals surface area contributed by atoms with E-state index in [0.29, 0.717) is 13.0 Å². The van der Waals surface area contributed by atoms with Gasteiger partial charge in [0.2, 0.25) is 11.8 Å². The van der Waals surface area contributed by atoms with Crippen LogP contribution in [0.25, 0.3) is 0 Å². The molecule has 0 radical (unpaired) electrons. The van der Waals surface area contributed by atoms with Gasteiger partial charge in [-0.25, -0.2) is 0 Å². The number of rotatable bonds is 5. The number of fused-ring (bicyclic) bond motifs is 1. The van der Waals surface area contributed by atoms with Gasteiger partial charge in [-0.05, 0) is 63.0 Å². The number of likely N-dealkylation sites (tertiary alicyclic amines) is 1. The summed E-state index contributed by atoms with van der Waals surface area (Å²) in [6, 6.07) is 5.46. The second-order valence-corrected chi connectivity index (χ2v) is 8.13. The minimum Gasteiger partial charge on any atom is -0.322 e. The van der Waals surface area contributed by atoms with Crippen molar-refractivity contribution in [3.05, 3.63) is 34.9 Å². The van der Waals surface area contributed by atoms with Crippen molar-refractivity contribution in [1.82, 2.24) is 20.4 Å². The number of hydrogen-bond acceptors (Lipinski definition) is 5. The molecule has 0 saturated carbocycles. The molecule has 1 aromatic rings. The molecule has 2 saturated heterocycles. The number of hydrogen-bond donors (Lipinski definition) is 2. The number of benzene rings is 1. The van der Waals surface area contributed by atoms with Crippen molar-refractivity contribution in [2.75, 3.05) is 26.7 Å². The monoisotopic (exact) mass is 384 g/mol. The molecular formula is C21H28N4O3. The summed E-state index contributed by atoms with van der Waals surface area (Å²) in [4.78, 5) is 40.9. The van der Waals surface area contributed by atoms with Crippen LogP contribution < -0.4 is 10.6 Å². The van der Waals surface area contributed by atoms with E-state index >= 15 is 0 Å².